The highest BCUT2D eigenvalue weighted by atomic mass is 16.5. The van der Waals surface area contributed by atoms with Crippen LogP contribution in [-0.4, -0.2) is 49.8 Å². The molecule has 2 fully saturated rings. The Morgan fingerprint density at radius 2 is 2.12 bits per heavy atom. The molecule has 0 aromatic carbocycles. The van der Waals surface area contributed by atoms with Crippen LogP contribution in [0.5, 0.6) is 0 Å². The van der Waals surface area contributed by atoms with E-state index in [1.807, 2.05) is 6.20 Å². The predicted molar refractivity (Wildman–Crippen MR) is 107 cm³/mol. The molecular formula is C20H33N5O. The Balaban J connectivity index is 1.51. The van der Waals surface area contributed by atoms with Crippen LogP contribution in [0.4, 0.5) is 5.82 Å². The molecule has 144 valence electrons. The standard InChI is InChI=1S/C20H33N5O/c1-3-21-20(24-15-18-5-4-12-26-18)23-14-17-6-7-19(22-13-17)25-10-8-16(2)9-11-25/h6-7,13,16,18H,3-5,8-12,14-15H2,1-2H3,(H2,21,23,24). The number of guanidine groups is 1. The molecular weight excluding hydrogens is 326 g/mol. The second-order valence-corrected chi connectivity index (χ2v) is 7.41. The molecule has 2 N–H and O–H groups in total. The number of hydrogen-bond acceptors (Lipinski definition) is 4. The van der Waals surface area contributed by atoms with Crippen molar-refractivity contribution in [2.75, 3.05) is 37.7 Å². The summed E-state index contributed by atoms with van der Waals surface area (Å²) in [7, 11) is 0. The molecule has 0 spiro atoms. The van der Waals surface area contributed by atoms with E-state index in [2.05, 4.69) is 51.5 Å². The number of ether oxygens (including phenoxy) is 1. The van der Waals surface area contributed by atoms with Crippen LogP contribution in [0.3, 0.4) is 0 Å². The summed E-state index contributed by atoms with van der Waals surface area (Å²) in [6.07, 6.45) is 7.08. The zero-order valence-corrected chi connectivity index (χ0v) is 16.2. The van der Waals surface area contributed by atoms with Gasteiger partial charge in [-0.05, 0) is 50.2 Å². The summed E-state index contributed by atoms with van der Waals surface area (Å²) < 4.78 is 5.66. The zero-order valence-electron chi connectivity index (χ0n) is 16.2. The summed E-state index contributed by atoms with van der Waals surface area (Å²) in [6.45, 7) is 9.82. The first-order valence-electron chi connectivity index (χ1n) is 10.1. The topological polar surface area (TPSA) is 61.8 Å². The lowest BCUT2D eigenvalue weighted by Crippen LogP contribution is -2.41. The zero-order chi connectivity index (χ0) is 18.2. The molecule has 1 atom stereocenters. The average molecular weight is 360 g/mol. The van der Waals surface area contributed by atoms with Crippen molar-refractivity contribution >= 4 is 11.8 Å². The molecule has 3 rings (SSSR count). The minimum absolute atomic E-state index is 0.312. The monoisotopic (exact) mass is 359 g/mol. The second-order valence-electron chi connectivity index (χ2n) is 7.41. The fourth-order valence-electron chi connectivity index (χ4n) is 3.46. The number of aromatic nitrogens is 1. The van der Waals surface area contributed by atoms with Crippen LogP contribution >= 0.6 is 0 Å². The fourth-order valence-corrected chi connectivity index (χ4v) is 3.46. The molecule has 0 saturated carbocycles. The van der Waals surface area contributed by atoms with Crippen LogP contribution in [0, 0.1) is 5.92 Å². The maximum Gasteiger partial charge on any atom is 0.191 e. The van der Waals surface area contributed by atoms with Gasteiger partial charge in [0.2, 0.25) is 0 Å². The third kappa shape index (κ3) is 5.59. The molecule has 0 aliphatic carbocycles. The highest BCUT2D eigenvalue weighted by Crippen LogP contribution is 2.21. The van der Waals surface area contributed by atoms with E-state index in [0.29, 0.717) is 12.6 Å². The fraction of sp³-hybridized carbons (Fsp3) is 0.700. The SMILES string of the molecule is CCNC(=NCc1ccc(N2CCC(C)CC2)nc1)NCC1CCCO1. The van der Waals surface area contributed by atoms with Crippen molar-refractivity contribution in [3.05, 3.63) is 23.9 Å². The van der Waals surface area contributed by atoms with Crippen LogP contribution in [0.1, 0.15) is 45.1 Å². The number of anilines is 1. The van der Waals surface area contributed by atoms with Crippen molar-refractivity contribution in [3.8, 4) is 0 Å². The van der Waals surface area contributed by atoms with E-state index < -0.39 is 0 Å². The van der Waals surface area contributed by atoms with Gasteiger partial charge in [0.1, 0.15) is 5.82 Å². The van der Waals surface area contributed by atoms with E-state index in [0.717, 1.165) is 68.9 Å². The lowest BCUT2D eigenvalue weighted by atomic mass is 9.99. The van der Waals surface area contributed by atoms with Gasteiger partial charge in [0.25, 0.3) is 0 Å². The summed E-state index contributed by atoms with van der Waals surface area (Å²) >= 11 is 0. The van der Waals surface area contributed by atoms with Gasteiger partial charge in [-0.15, -0.1) is 0 Å². The van der Waals surface area contributed by atoms with Gasteiger partial charge < -0.3 is 20.3 Å². The molecule has 0 amide bonds. The van der Waals surface area contributed by atoms with E-state index in [4.69, 9.17) is 4.74 Å². The largest absolute Gasteiger partial charge is 0.376 e. The smallest absolute Gasteiger partial charge is 0.191 e. The molecule has 6 nitrogen and oxygen atoms in total. The first kappa shape index (κ1) is 19.0. The number of hydrogen-bond donors (Lipinski definition) is 2. The minimum Gasteiger partial charge on any atom is -0.376 e. The third-order valence-corrected chi connectivity index (χ3v) is 5.20. The quantitative estimate of drug-likeness (QED) is 0.604. The Bertz CT molecular complexity index is 560. The maximum absolute atomic E-state index is 5.66. The summed E-state index contributed by atoms with van der Waals surface area (Å²) in [5, 5.41) is 6.68. The predicted octanol–water partition coefficient (Wildman–Crippen LogP) is 2.55. The molecule has 2 aliphatic rings. The maximum atomic E-state index is 5.66. The Kier molecular flexibility index (Phi) is 7.12. The van der Waals surface area contributed by atoms with Gasteiger partial charge in [0.15, 0.2) is 5.96 Å². The van der Waals surface area contributed by atoms with Crippen molar-refractivity contribution < 1.29 is 4.74 Å². The molecule has 1 aromatic rings. The molecule has 6 heteroatoms. The number of piperidine rings is 1. The van der Waals surface area contributed by atoms with E-state index in [9.17, 15) is 0 Å². The van der Waals surface area contributed by atoms with Crippen molar-refractivity contribution in [1.82, 2.24) is 15.6 Å². The molecule has 0 bridgehead atoms. The number of rotatable bonds is 6. The van der Waals surface area contributed by atoms with Crippen LogP contribution in [-0.2, 0) is 11.3 Å². The van der Waals surface area contributed by atoms with Gasteiger partial charge in [-0.1, -0.05) is 13.0 Å². The highest BCUT2D eigenvalue weighted by Gasteiger charge is 2.17. The molecule has 26 heavy (non-hydrogen) atoms. The van der Waals surface area contributed by atoms with Gasteiger partial charge in [0, 0.05) is 39.0 Å². The average Bonchev–Trinajstić information content (AvgIpc) is 3.19. The van der Waals surface area contributed by atoms with Crippen molar-refractivity contribution in [2.24, 2.45) is 10.9 Å². The summed E-state index contributed by atoms with van der Waals surface area (Å²) in [5.74, 6) is 2.77. The van der Waals surface area contributed by atoms with Gasteiger partial charge >= 0.3 is 0 Å². The minimum atomic E-state index is 0.312. The highest BCUT2D eigenvalue weighted by molar-refractivity contribution is 5.79. The van der Waals surface area contributed by atoms with Crippen molar-refractivity contribution in [3.63, 3.8) is 0 Å². The van der Waals surface area contributed by atoms with Gasteiger partial charge in [0.05, 0.1) is 12.6 Å². The van der Waals surface area contributed by atoms with E-state index in [-0.39, 0.29) is 0 Å². The van der Waals surface area contributed by atoms with Crippen LogP contribution in [0.15, 0.2) is 23.3 Å². The Morgan fingerprint density at radius 1 is 1.27 bits per heavy atom. The van der Waals surface area contributed by atoms with Crippen LogP contribution in [0.25, 0.3) is 0 Å². The Morgan fingerprint density at radius 3 is 2.77 bits per heavy atom. The van der Waals surface area contributed by atoms with Crippen molar-refractivity contribution in [1.29, 1.82) is 0 Å². The first-order valence-corrected chi connectivity index (χ1v) is 10.1. The molecule has 1 aromatic heterocycles. The van der Waals surface area contributed by atoms with E-state index in [1.165, 1.54) is 12.8 Å². The van der Waals surface area contributed by atoms with Crippen LogP contribution < -0.4 is 15.5 Å². The number of nitrogens with one attached hydrogen (secondary N) is 2. The lowest BCUT2D eigenvalue weighted by molar-refractivity contribution is 0.114. The normalized spacial score (nSPS) is 21.8. The number of pyridine rings is 1. The lowest BCUT2D eigenvalue weighted by Gasteiger charge is -2.31. The van der Waals surface area contributed by atoms with Crippen LogP contribution in [0.2, 0.25) is 0 Å². The van der Waals surface area contributed by atoms with Gasteiger partial charge in [-0.2, -0.15) is 0 Å². The molecule has 2 aliphatic heterocycles. The molecule has 3 heterocycles. The first-order chi connectivity index (χ1) is 12.7. The Labute approximate surface area is 157 Å². The number of nitrogens with zero attached hydrogens (tertiary/aromatic N) is 3. The molecule has 0 radical (unpaired) electrons. The molecule has 2 saturated heterocycles. The third-order valence-electron chi connectivity index (χ3n) is 5.20. The summed E-state index contributed by atoms with van der Waals surface area (Å²) in [4.78, 5) is 11.7. The van der Waals surface area contributed by atoms with E-state index in [1.54, 1.807) is 0 Å². The second kappa shape index (κ2) is 9.76. The summed E-state index contributed by atoms with van der Waals surface area (Å²) in [5.41, 5.74) is 1.13. The van der Waals surface area contributed by atoms with Crippen molar-refractivity contribution in [2.45, 2.75) is 52.2 Å². The van der Waals surface area contributed by atoms with Gasteiger partial charge in [-0.25, -0.2) is 9.98 Å². The van der Waals surface area contributed by atoms with Gasteiger partial charge in [-0.3, -0.25) is 0 Å². The van der Waals surface area contributed by atoms with E-state index >= 15 is 0 Å². The summed E-state index contributed by atoms with van der Waals surface area (Å²) in [6, 6.07) is 4.28. The Hall–Kier alpha value is -1.82. The molecule has 1 unspecified atom stereocenters. The number of aliphatic imine (C=N–C) groups is 1.